The number of pyridine rings is 1. The van der Waals surface area contributed by atoms with Gasteiger partial charge in [-0.1, -0.05) is 24.4 Å². The molecule has 3 rings (SSSR count). The van der Waals surface area contributed by atoms with Crippen LogP contribution >= 0.6 is 0 Å². The summed E-state index contributed by atoms with van der Waals surface area (Å²) in [6, 6.07) is 1.78. The highest BCUT2D eigenvalue weighted by atomic mass is 16.5. The molecule has 1 amide bonds. The molecular formula is C17H23N3O3. The topological polar surface area (TPSA) is 88.2 Å². The number of carbonyl (C=O) groups excluding carboxylic acids is 1. The Balaban J connectivity index is 1.75. The fourth-order valence-electron chi connectivity index (χ4n) is 3.42. The van der Waals surface area contributed by atoms with Crippen molar-refractivity contribution in [3.8, 4) is 0 Å². The highest BCUT2D eigenvalue weighted by molar-refractivity contribution is 5.97. The molecule has 2 heterocycles. The van der Waals surface area contributed by atoms with Crippen LogP contribution in [0, 0.1) is 12.8 Å². The number of fused-ring (bicyclic) bond motifs is 1. The summed E-state index contributed by atoms with van der Waals surface area (Å²) in [5, 5.41) is 17.0. The van der Waals surface area contributed by atoms with Crippen molar-refractivity contribution in [2.45, 2.75) is 51.5 Å². The largest absolute Gasteiger partial charge is 0.396 e. The molecular weight excluding hydrogens is 294 g/mol. The van der Waals surface area contributed by atoms with Crippen molar-refractivity contribution in [1.29, 1.82) is 0 Å². The molecule has 1 atom stereocenters. The number of aliphatic hydroxyl groups is 1. The Bertz CT molecular complexity index is 677. The van der Waals surface area contributed by atoms with Gasteiger partial charge in [0.25, 0.3) is 11.6 Å². The minimum atomic E-state index is -0.149. The molecule has 0 aliphatic heterocycles. The Morgan fingerprint density at radius 3 is 2.96 bits per heavy atom. The van der Waals surface area contributed by atoms with Crippen LogP contribution in [0.25, 0.3) is 11.1 Å². The van der Waals surface area contributed by atoms with E-state index in [0.29, 0.717) is 23.6 Å². The molecule has 1 unspecified atom stereocenters. The summed E-state index contributed by atoms with van der Waals surface area (Å²) in [7, 11) is 0. The molecule has 0 aromatic carbocycles. The summed E-state index contributed by atoms with van der Waals surface area (Å²) >= 11 is 0. The van der Waals surface area contributed by atoms with Gasteiger partial charge >= 0.3 is 0 Å². The molecule has 0 bridgehead atoms. The molecule has 0 spiro atoms. The lowest BCUT2D eigenvalue weighted by Crippen LogP contribution is -2.41. The second-order valence-corrected chi connectivity index (χ2v) is 6.34. The Morgan fingerprint density at radius 1 is 1.43 bits per heavy atom. The van der Waals surface area contributed by atoms with Crippen LogP contribution < -0.4 is 5.32 Å². The van der Waals surface area contributed by atoms with Crippen molar-refractivity contribution >= 4 is 17.0 Å². The molecule has 1 fully saturated rings. The summed E-state index contributed by atoms with van der Waals surface area (Å²) in [5.74, 6) is 0.304. The summed E-state index contributed by atoms with van der Waals surface area (Å²) in [5.41, 5.74) is 1.67. The van der Waals surface area contributed by atoms with Gasteiger partial charge in [-0.25, -0.2) is 4.98 Å². The van der Waals surface area contributed by atoms with Crippen molar-refractivity contribution in [3.05, 3.63) is 23.5 Å². The van der Waals surface area contributed by atoms with Crippen LogP contribution in [-0.2, 0) is 0 Å². The normalized spacial score (nSPS) is 17.3. The lowest BCUT2D eigenvalue weighted by atomic mass is 9.82. The van der Waals surface area contributed by atoms with Gasteiger partial charge in [-0.2, -0.15) is 0 Å². The van der Waals surface area contributed by atoms with Crippen LogP contribution in [0.3, 0.4) is 0 Å². The number of aryl methyl sites for hydroxylation is 1. The summed E-state index contributed by atoms with van der Waals surface area (Å²) in [4.78, 5) is 16.7. The third-order valence-corrected chi connectivity index (χ3v) is 4.75. The molecule has 2 aromatic rings. The maximum Gasteiger partial charge on any atom is 0.257 e. The molecule has 0 saturated heterocycles. The van der Waals surface area contributed by atoms with E-state index < -0.39 is 0 Å². The Labute approximate surface area is 135 Å². The van der Waals surface area contributed by atoms with Gasteiger partial charge in [0.05, 0.1) is 16.6 Å². The van der Waals surface area contributed by atoms with E-state index in [1.807, 2.05) is 6.92 Å². The van der Waals surface area contributed by atoms with Gasteiger partial charge in [-0.15, -0.1) is 0 Å². The minimum Gasteiger partial charge on any atom is -0.396 e. The van der Waals surface area contributed by atoms with Crippen LogP contribution in [0.15, 0.2) is 16.8 Å². The zero-order chi connectivity index (χ0) is 16.2. The second-order valence-electron chi connectivity index (χ2n) is 6.34. The van der Waals surface area contributed by atoms with Gasteiger partial charge < -0.3 is 14.9 Å². The second kappa shape index (κ2) is 7.08. The average molecular weight is 317 g/mol. The zero-order valence-electron chi connectivity index (χ0n) is 13.4. The molecule has 23 heavy (non-hydrogen) atoms. The van der Waals surface area contributed by atoms with Crippen molar-refractivity contribution in [2.75, 3.05) is 6.61 Å². The molecule has 6 nitrogen and oxygen atoms in total. The Hall–Kier alpha value is -1.95. The predicted octanol–water partition coefficient (Wildman–Crippen LogP) is 2.59. The van der Waals surface area contributed by atoms with E-state index in [0.717, 1.165) is 23.9 Å². The van der Waals surface area contributed by atoms with Gasteiger partial charge in [0.15, 0.2) is 0 Å². The SMILES string of the molecule is Cc1noc2ncc(C(=O)NC(CCO)C3CCCCC3)cc12. The summed E-state index contributed by atoms with van der Waals surface area (Å²) in [6.07, 6.45) is 8.02. The number of carbonyl (C=O) groups is 1. The first-order valence-electron chi connectivity index (χ1n) is 8.33. The van der Waals surface area contributed by atoms with E-state index in [2.05, 4.69) is 15.5 Å². The van der Waals surface area contributed by atoms with Gasteiger partial charge in [-0.05, 0) is 38.2 Å². The average Bonchev–Trinajstić information content (AvgIpc) is 2.96. The van der Waals surface area contributed by atoms with Crippen LogP contribution in [0.4, 0.5) is 0 Å². The van der Waals surface area contributed by atoms with Crippen molar-refractivity contribution in [3.63, 3.8) is 0 Å². The van der Waals surface area contributed by atoms with E-state index in [1.54, 1.807) is 6.07 Å². The molecule has 1 saturated carbocycles. The molecule has 1 aliphatic rings. The van der Waals surface area contributed by atoms with Crippen LogP contribution in [0.2, 0.25) is 0 Å². The third-order valence-electron chi connectivity index (χ3n) is 4.75. The Kier molecular flexibility index (Phi) is 4.91. The third kappa shape index (κ3) is 3.52. The number of nitrogens with one attached hydrogen (secondary N) is 1. The fourth-order valence-corrected chi connectivity index (χ4v) is 3.42. The quantitative estimate of drug-likeness (QED) is 0.885. The number of amides is 1. The zero-order valence-corrected chi connectivity index (χ0v) is 13.4. The lowest BCUT2D eigenvalue weighted by molar-refractivity contribution is 0.0899. The molecule has 124 valence electrons. The first-order valence-corrected chi connectivity index (χ1v) is 8.33. The van der Waals surface area contributed by atoms with Crippen molar-refractivity contribution in [1.82, 2.24) is 15.5 Å². The van der Waals surface area contributed by atoms with Gasteiger partial charge in [0.2, 0.25) is 0 Å². The number of aromatic nitrogens is 2. The number of rotatable bonds is 5. The van der Waals surface area contributed by atoms with E-state index in [-0.39, 0.29) is 18.6 Å². The van der Waals surface area contributed by atoms with Gasteiger partial charge in [-0.3, -0.25) is 4.79 Å². The monoisotopic (exact) mass is 317 g/mol. The van der Waals surface area contributed by atoms with E-state index in [1.165, 1.54) is 25.5 Å². The van der Waals surface area contributed by atoms with Gasteiger partial charge in [0, 0.05) is 18.8 Å². The van der Waals surface area contributed by atoms with Crippen LogP contribution in [0.1, 0.15) is 54.6 Å². The first-order chi connectivity index (χ1) is 11.2. The van der Waals surface area contributed by atoms with E-state index in [4.69, 9.17) is 4.52 Å². The van der Waals surface area contributed by atoms with Crippen molar-refractivity contribution < 1.29 is 14.4 Å². The molecule has 2 N–H and O–H groups in total. The smallest absolute Gasteiger partial charge is 0.257 e. The number of hydrogen-bond acceptors (Lipinski definition) is 5. The standard InChI is InChI=1S/C17H23N3O3/c1-11-14-9-13(10-18-17(14)23-20-11)16(22)19-15(7-8-21)12-5-3-2-4-6-12/h9-10,12,15,21H,2-8H2,1H3,(H,19,22). The first kappa shape index (κ1) is 15.9. The summed E-state index contributed by atoms with van der Waals surface area (Å²) in [6.45, 7) is 1.91. The van der Waals surface area contributed by atoms with Crippen LogP contribution in [0.5, 0.6) is 0 Å². The molecule has 1 aliphatic carbocycles. The number of nitrogens with zero attached hydrogens (tertiary/aromatic N) is 2. The number of aliphatic hydroxyl groups excluding tert-OH is 1. The predicted molar refractivity (Wildman–Crippen MR) is 86.1 cm³/mol. The fraction of sp³-hybridized carbons (Fsp3) is 0.588. The van der Waals surface area contributed by atoms with E-state index in [9.17, 15) is 9.90 Å². The molecule has 2 aromatic heterocycles. The van der Waals surface area contributed by atoms with Crippen LogP contribution in [-0.4, -0.2) is 33.8 Å². The lowest BCUT2D eigenvalue weighted by Gasteiger charge is -2.30. The minimum absolute atomic E-state index is 0.0204. The van der Waals surface area contributed by atoms with E-state index >= 15 is 0 Å². The molecule has 0 radical (unpaired) electrons. The number of hydrogen-bond donors (Lipinski definition) is 2. The van der Waals surface area contributed by atoms with Crippen molar-refractivity contribution in [2.24, 2.45) is 5.92 Å². The Morgan fingerprint density at radius 2 is 2.22 bits per heavy atom. The highest BCUT2D eigenvalue weighted by Gasteiger charge is 2.25. The highest BCUT2D eigenvalue weighted by Crippen LogP contribution is 2.28. The van der Waals surface area contributed by atoms with Gasteiger partial charge in [0.1, 0.15) is 0 Å². The molecule has 6 heteroatoms. The summed E-state index contributed by atoms with van der Waals surface area (Å²) < 4.78 is 5.07. The maximum atomic E-state index is 12.6. The maximum absolute atomic E-state index is 12.6.